The highest BCUT2D eigenvalue weighted by molar-refractivity contribution is 6.30. The lowest BCUT2D eigenvalue weighted by Crippen LogP contribution is -2.44. The predicted octanol–water partition coefficient (Wildman–Crippen LogP) is 2.88. The Kier molecular flexibility index (Phi) is 5.84. The van der Waals surface area contributed by atoms with E-state index in [-0.39, 0.29) is 24.0 Å². The van der Waals surface area contributed by atoms with Crippen LogP contribution in [-0.4, -0.2) is 30.8 Å². The molecular formula is C15H22ClNO3. The van der Waals surface area contributed by atoms with Crippen LogP contribution < -0.4 is 10.1 Å². The number of hydrogen-bond donors (Lipinski definition) is 2. The molecule has 1 aromatic carbocycles. The average Bonchev–Trinajstić information content (AvgIpc) is 2.36. The summed E-state index contributed by atoms with van der Waals surface area (Å²) in [6.45, 7) is 6.09. The number of carbonyl (C=O) groups is 1. The summed E-state index contributed by atoms with van der Waals surface area (Å²) in [5, 5.41) is 12.6. The zero-order valence-corrected chi connectivity index (χ0v) is 13.1. The quantitative estimate of drug-likeness (QED) is 0.879. The van der Waals surface area contributed by atoms with E-state index in [2.05, 4.69) is 5.32 Å². The first-order chi connectivity index (χ1) is 9.29. The van der Waals surface area contributed by atoms with Crippen molar-refractivity contribution in [2.24, 2.45) is 5.41 Å². The van der Waals surface area contributed by atoms with Gasteiger partial charge in [0.25, 0.3) is 5.91 Å². The highest BCUT2D eigenvalue weighted by Gasteiger charge is 2.27. The number of hydrogen-bond acceptors (Lipinski definition) is 3. The second-order valence-corrected chi connectivity index (χ2v) is 6.19. The second-order valence-electron chi connectivity index (χ2n) is 5.75. The van der Waals surface area contributed by atoms with Gasteiger partial charge in [0, 0.05) is 17.7 Å². The van der Waals surface area contributed by atoms with E-state index in [1.54, 1.807) is 18.2 Å². The van der Waals surface area contributed by atoms with E-state index in [1.807, 2.05) is 20.8 Å². The molecule has 1 rings (SSSR count). The summed E-state index contributed by atoms with van der Waals surface area (Å²) < 4.78 is 5.18. The van der Waals surface area contributed by atoms with E-state index in [0.29, 0.717) is 22.8 Å². The highest BCUT2D eigenvalue weighted by atomic mass is 35.5. The number of nitrogens with one attached hydrogen (secondary N) is 1. The van der Waals surface area contributed by atoms with Gasteiger partial charge in [-0.15, -0.1) is 0 Å². The van der Waals surface area contributed by atoms with Crippen molar-refractivity contribution >= 4 is 17.5 Å². The summed E-state index contributed by atoms with van der Waals surface area (Å²) in [7, 11) is 1.50. The molecule has 0 heterocycles. The molecule has 0 saturated heterocycles. The van der Waals surface area contributed by atoms with Crippen LogP contribution in [0, 0.1) is 5.41 Å². The minimum atomic E-state index is -0.230. The highest BCUT2D eigenvalue weighted by Crippen LogP contribution is 2.25. The van der Waals surface area contributed by atoms with Gasteiger partial charge in [-0.25, -0.2) is 0 Å². The Balaban J connectivity index is 2.94. The van der Waals surface area contributed by atoms with Crippen molar-refractivity contribution in [2.75, 3.05) is 13.7 Å². The lowest BCUT2D eigenvalue weighted by atomic mass is 9.84. The summed E-state index contributed by atoms with van der Waals surface area (Å²) in [4.78, 5) is 12.4. The number of aliphatic hydroxyl groups excluding tert-OH is 1. The van der Waals surface area contributed by atoms with Gasteiger partial charge in [-0.2, -0.15) is 0 Å². The van der Waals surface area contributed by atoms with E-state index in [9.17, 15) is 4.79 Å². The van der Waals surface area contributed by atoms with Gasteiger partial charge in [-0.1, -0.05) is 32.4 Å². The van der Waals surface area contributed by atoms with Crippen LogP contribution in [0.2, 0.25) is 5.02 Å². The van der Waals surface area contributed by atoms with Gasteiger partial charge in [0.05, 0.1) is 12.7 Å². The van der Waals surface area contributed by atoms with Gasteiger partial charge in [-0.05, 0) is 30.0 Å². The molecule has 112 valence electrons. The molecule has 1 atom stereocenters. The molecular weight excluding hydrogens is 278 g/mol. The Hall–Kier alpha value is -1.26. The SMILES string of the molecule is COc1cc(Cl)ccc1C(=O)NC(CCO)C(C)(C)C. The summed E-state index contributed by atoms with van der Waals surface area (Å²) in [5.74, 6) is 0.207. The van der Waals surface area contributed by atoms with Crippen molar-refractivity contribution in [3.05, 3.63) is 28.8 Å². The smallest absolute Gasteiger partial charge is 0.255 e. The summed E-state index contributed by atoms with van der Waals surface area (Å²) in [6, 6.07) is 4.77. The van der Waals surface area contributed by atoms with Crippen molar-refractivity contribution < 1.29 is 14.6 Å². The van der Waals surface area contributed by atoms with Gasteiger partial charge in [0.1, 0.15) is 5.75 Å². The third kappa shape index (κ3) is 4.39. The molecule has 1 amide bonds. The van der Waals surface area contributed by atoms with Crippen molar-refractivity contribution in [1.82, 2.24) is 5.32 Å². The minimum absolute atomic E-state index is 0.0277. The zero-order valence-electron chi connectivity index (χ0n) is 12.4. The Morgan fingerprint density at radius 3 is 2.60 bits per heavy atom. The maximum absolute atomic E-state index is 12.4. The number of carbonyl (C=O) groups excluding carboxylic acids is 1. The second kappa shape index (κ2) is 6.95. The number of ether oxygens (including phenoxy) is 1. The molecule has 0 radical (unpaired) electrons. The fraction of sp³-hybridized carbons (Fsp3) is 0.533. The summed E-state index contributed by atoms with van der Waals surface area (Å²) in [6.07, 6.45) is 0.505. The molecule has 1 unspecified atom stereocenters. The maximum atomic E-state index is 12.4. The standard InChI is InChI=1S/C15H22ClNO3/c1-15(2,3)13(7-8-18)17-14(19)11-6-5-10(16)9-12(11)20-4/h5-6,9,13,18H,7-8H2,1-4H3,(H,17,19). The van der Waals surface area contributed by atoms with Crippen LogP contribution in [0.5, 0.6) is 5.75 Å². The molecule has 0 aromatic heterocycles. The van der Waals surface area contributed by atoms with Crippen LogP contribution in [0.25, 0.3) is 0 Å². The largest absolute Gasteiger partial charge is 0.496 e. The molecule has 0 aliphatic carbocycles. The van der Waals surface area contributed by atoms with Crippen molar-refractivity contribution in [2.45, 2.75) is 33.2 Å². The van der Waals surface area contributed by atoms with Gasteiger partial charge >= 0.3 is 0 Å². The first-order valence-electron chi connectivity index (χ1n) is 6.55. The molecule has 0 aliphatic heterocycles. The van der Waals surface area contributed by atoms with Gasteiger partial charge < -0.3 is 15.2 Å². The van der Waals surface area contributed by atoms with E-state index in [4.69, 9.17) is 21.4 Å². The van der Waals surface area contributed by atoms with Crippen LogP contribution >= 0.6 is 11.6 Å². The monoisotopic (exact) mass is 299 g/mol. The predicted molar refractivity (Wildman–Crippen MR) is 80.4 cm³/mol. The van der Waals surface area contributed by atoms with Crippen molar-refractivity contribution in [3.63, 3.8) is 0 Å². The summed E-state index contributed by atoms with van der Waals surface area (Å²) in [5.41, 5.74) is 0.294. The number of benzene rings is 1. The summed E-state index contributed by atoms with van der Waals surface area (Å²) >= 11 is 5.88. The topological polar surface area (TPSA) is 58.6 Å². The molecule has 0 fully saturated rings. The van der Waals surface area contributed by atoms with Crippen molar-refractivity contribution in [3.8, 4) is 5.75 Å². The first kappa shape index (κ1) is 16.8. The number of halogens is 1. The number of aliphatic hydroxyl groups is 1. The Morgan fingerprint density at radius 1 is 1.45 bits per heavy atom. The molecule has 0 aliphatic rings. The van der Waals surface area contributed by atoms with Crippen molar-refractivity contribution in [1.29, 1.82) is 0 Å². The van der Waals surface area contributed by atoms with E-state index >= 15 is 0 Å². The number of rotatable bonds is 5. The third-order valence-electron chi connectivity index (χ3n) is 3.18. The number of amides is 1. The average molecular weight is 300 g/mol. The molecule has 4 nitrogen and oxygen atoms in total. The number of methoxy groups -OCH3 is 1. The van der Waals surface area contributed by atoms with Gasteiger partial charge in [0.2, 0.25) is 0 Å². The fourth-order valence-electron chi connectivity index (χ4n) is 1.94. The Bertz CT molecular complexity index is 469. The third-order valence-corrected chi connectivity index (χ3v) is 3.41. The van der Waals surface area contributed by atoms with Crippen LogP contribution in [0.3, 0.4) is 0 Å². The van der Waals surface area contributed by atoms with E-state index in [0.717, 1.165) is 0 Å². The van der Waals surface area contributed by atoms with E-state index in [1.165, 1.54) is 7.11 Å². The van der Waals surface area contributed by atoms with Crippen LogP contribution in [0.15, 0.2) is 18.2 Å². The van der Waals surface area contributed by atoms with E-state index < -0.39 is 0 Å². The van der Waals surface area contributed by atoms with Gasteiger partial charge in [-0.3, -0.25) is 4.79 Å². The van der Waals surface area contributed by atoms with Crippen LogP contribution in [-0.2, 0) is 0 Å². The van der Waals surface area contributed by atoms with Crippen LogP contribution in [0.1, 0.15) is 37.6 Å². The lowest BCUT2D eigenvalue weighted by molar-refractivity contribution is 0.0882. The first-order valence-corrected chi connectivity index (χ1v) is 6.92. The Morgan fingerprint density at radius 2 is 2.10 bits per heavy atom. The zero-order chi connectivity index (χ0) is 15.3. The maximum Gasteiger partial charge on any atom is 0.255 e. The normalized spacial score (nSPS) is 12.9. The fourth-order valence-corrected chi connectivity index (χ4v) is 2.10. The van der Waals surface area contributed by atoms with Gasteiger partial charge in [0.15, 0.2) is 0 Å². The molecule has 5 heteroatoms. The molecule has 1 aromatic rings. The molecule has 0 bridgehead atoms. The molecule has 0 spiro atoms. The minimum Gasteiger partial charge on any atom is -0.496 e. The Labute approximate surface area is 125 Å². The van der Waals surface area contributed by atoms with Crippen LogP contribution in [0.4, 0.5) is 0 Å². The lowest BCUT2D eigenvalue weighted by Gasteiger charge is -2.31. The molecule has 20 heavy (non-hydrogen) atoms. The molecule has 0 saturated carbocycles. The molecule has 2 N–H and O–H groups in total.